The van der Waals surface area contributed by atoms with Crippen molar-refractivity contribution in [2.45, 2.75) is 33.1 Å². The van der Waals surface area contributed by atoms with E-state index < -0.39 is 0 Å². The average molecular weight is 210 g/mol. The van der Waals surface area contributed by atoms with Gasteiger partial charge in [-0.05, 0) is 29.9 Å². The molecule has 14 heavy (non-hydrogen) atoms. The van der Waals surface area contributed by atoms with Crippen molar-refractivity contribution in [3.05, 3.63) is 35.9 Å². The van der Waals surface area contributed by atoms with Crippen LogP contribution in [0.4, 0.5) is 0 Å². The smallest absolute Gasteiger partial charge is 0.00646 e. The van der Waals surface area contributed by atoms with E-state index in [1.807, 2.05) is 25.6 Å². The molecule has 0 saturated carbocycles. The molecule has 0 aliphatic carbocycles. The van der Waals surface area contributed by atoms with Crippen LogP contribution in [-0.4, -0.2) is 12.0 Å². The summed E-state index contributed by atoms with van der Waals surface area (Å²) >= 11 is 1.92. The average Bonchev–Trinajstić information content (AvgIpc) is 2.30. The number of hydrogen-bond acceptors (Lipinski definition) is 1. The predicted octanol–water partition coefficient (Wildman–Crippen LogP) is 4.57. The molecule has 0 bridgehead atoms. The van der Waals surface area contributed by atoms with E-state index in [1.54, 1.807) is 0 Å². The van der Waals surface area contributed by atoms with Crippen LogP contribution in [0.15, 0.2) is 30.3 Å². The van der Waals surface area contributed by atoms with Crippen molar-refractivity contribution in [3.8, 4) is 0 Å². The minimum atomic E-state index is 0.707. The normalized spacial score (nSPS) is 11.4. The van der Waals surface area contributed by atoms with Crippen molar-refractivity contribution in [1.29, 1.82) is 0 Å². The van der Waals surface area contributed by atoms with Crippen LogP contribution in [0, 0.1) is 0 Å². The Morgan fingerprint density at radius 2 is 1.71 bits per heavy atom. The molecule has 0 spiro atoms. The van der Waals surface area contributed by atoms with Gasteiger partial charge < -0.3 is 0 Å². The fourth-order valence-corrected chi connectivity index (χ4v) is 1.83. The molecule has 0 aliphatic heterocycles. The molecule has 0 fully saturated rings. The zero-order valence-electron chi connectivity index (χ0n) is 9.79. The summed E-state index contributed by atoms with van der Waals surface area (Å²) in [5, 5.41) is 0. The van der Waals surface area contributed by atoms with Crippen molar-refractivity contribution >= 4 is 11.8 Å². The number of benzene rings is 1. The van der Waals surface area contributed by atoms with Gasteiger partial charge in [0.25, 0.3) is 0 Å². The molecule has 1 aromatic carbocycles. The Balaban J connectivity index is 0.000000791. The Kier molecular flexibility index (Phi) is 8.86. The Morgan fingerprint density at radius 3 is 2.21 bits per heavy atom. The lowest BCUT2D eigenvalue weighted by atomic mass is 9.99. The Labute approximate surface area is 93.1 Å². The highest BCUT2D eigenvalue weighted by molar-refractivity contribution is 7.98. The van der Waals surface area contributed by atoms with Gasteiger partial charge in [-0.2, -0.15) is 11.8 Å². The molecule has 0 N–H and O–H groups in total. The molecule has 0 nitrogen and oxygen atoms in total. The molecular formula is C13H22S. The predicted molar refractivity (Wildman–Crippen MR) is 69.2 cm³/mol. The molecule has 1 rings (SSSR count). The van der Waals surface area contributed by atoms with Crippen LogP contribution < -0.4 is 0 Å². The number of hydrogen-bond donors (Lipinski definition) is 0. The maximum absolute atomic E-state index is 2.30. The van der Waals surface area contributed by atoms with Crippen LogP contribution in [0.3, 0.4) is 0 Å². The van der Waals surface area contributed by atoms with Crippen molar-refractivity contribution in [1.82, 2.24) is 0 Å². The van der Waals surface area contributed by atoms with Crippen LogP contribution in [0.25, 0.3) is 0 Å². The van der Waals surface area contributed by atoms with E-state index in [9.17, 15) is 0 Å². The minimum Gasteiger partial charge on any atom is -0.165 e. The van der Waals surface area contributed by atoms with Gasteiger partial charge in [0, 0.05) is 0 Å². The van der Waals surface area contributed by atoms with Crippen LogP contribution in [-0.2, 0) is 0 Å². The summed E-state index contributed by atoms with van der Waals surface area (Å²) in [7, 11) is 0. The summed E-state index contributed by atoms with van der Waals surface area (Å²) in [6.45, 7) is 6.30. The third-order valence-electron chi connectivity index (χ3n) is 2.12. The van der Waals surface area contributed by atoms with Crippen molar-refractivity contribution in [2.75, 3.05) is 12.0 Å². The SMILES string of the molecule is CC.CSCCC(C)c1ccccc1. The van der Waals surface area contributed by atoms with E-state index in [0.29, 0.717) is 5.92 Å². The van der Waals surface area contributed by atoms with Gasteiger partial charge in [-0.1, -0.05) is 51.1 Å². The van der Waals surface area contributed by atoms with Gasteiger partial charge >= 0.3 is 0 Å². The fraction of sp³-hybridized carbons (Fsp3) is 0.538. The zero-order valence-corrected chi connectivity index (χ0v) is 10.6. The molecule has 0 radical (unpaired) electrons. The zero-order chi connectivity index (χ0) is 10.8. The van der Waals surface area contributed by atoms with E-state index >= 15 is 0 Å². The lowest BCUT2D eigenvalue weighted by molar-refractivity contribution is 0.741. The first kappa shape index (κ1) is 13.6. The second-order valence-electron chi connectivity index (χ2n) is 3.09. The minimum absolute atomic E-state index is 0.707. The van der Waals surface area contributed by atoms with Crippen LogP contribution in [0.2, 0.25) is 0 Å². The second-order valence-corrected chi connectivity index (χ2v) is 4.08. The summed E-state index contributed by atoms with van der Waals surface area (Å²) in [6.07, 6.45) is 3.45. The van der Waals surface area contributed by atoms with Crippen molar-refractivity contribution in [3.63, 3.8) is 0 Å². The molecule has 0 aromatic heterocycles. The molecule has 1 aromatic rings. The van der Waals surface area contributed by atoms with E-state index in [-0.39, 0.29) is 0 Å². The Morgan fingerprint density at radius 1 is 1.14 bits per heavy atom. The fourth-order valence-electron chi connectivity index (χ4n) is 1.24. The monoisotopic (exact) mass is 210 g/mol. The first-order valence-electron chi connectivity index (χ1n) is 5.38. The Hall–Kier alpha value is -0.430. The van der Waals surface area contributed by atoms with Crippen LogP contribution in [0.1, 0.15) is 38.7 Å². The van der Waals surface area contributed by atoms with Gasteiger partial charge in [0.2, 0.25) is 0 Å². The molecular weight excluding hydrogens is 188 g/mol. The quantitative estimate of drug-likeness (QED) is 0.701. The maximum atomic E-state index is 2.30. The molecule has 0 saturated heterocycles. The van der Waals surface area contributed by atoms with Crippen LogP contribution in [0.5, 0.6) is 0 Å². The van der Waals surface area contributed by atoms with Crippen molar-refractivity contribution < 1.29 is 0 Å². The van der Waals surface area contributed by atoms with Gasteiger partial charge in [-0.15, -0.1) is 0 Å². The molecule has 1 heteroatoms. The molecule has 0 heterocycles. The highest BCUT2D eigenvalue weighted by atomic mass is 32.2. The van der Waals surface area contributed by atoms with Crippen molar-refractivity contribution in [2.24, 2.45) is 0 Å². The number of rotatable bonds is 4. The van der Waals surface area contributed by atoms with E-state index in [0.717, 1.165) is 0 Å². The summed E-state index contributed by atoms with van der Waals surface area (Å²) in [5.41, 5.74) is 1.46. The maximum Gasteiger partial charge on any atom is -0.00646 e. The molecule has 1 unspecified atom stereocenters. The van der Waals surface area contributed by atoms with E-state index in [4.69, 9.17) is 0 Å². The topological polar surface area (TPSA) is 0 Å². The van der Waals surface area contributed by atoms with E-state index in [1.165, 1.54) is 17.7 Å². The highest BCUT2D eigenvalue weighted by Gasteiger charge is 2.02. The summed E-state index contributed by atoms with van der Waals surface area (Å²) < 4.78 is 0. The largest absolute Gasteiger partial charge is 0.165 e. The summed E-state index contributed by atoms with van der Waals surface area (Å²) in [4.78, 5) is 0. The second kappa shape index (κ2) is 9.14. The molecule has 0 aliphatic rings. The third-order valence-corrected chi connectivity index (χ3v) is 2.77. The number of thioether (sulfide) groups is 1. The van der Waals surface area contributed by atoms with Gasteiger partial charge in [0.05, 0.1) is 0 Å². The van der Waals surface area contributed by atoms with Gasteiger partial charge in [-0.25, -0.2) is 0 Å². The third kappa shape index (κ3) is 5.33. The van der Waals surface area contributed by atoms with E-state index in [2.05, 4.69) is 43.5 Å². The van der Waals surface area contributed by atoms with Gasteiger partial charge in [0.1, 0.15) is 0 Å². The lowest BCUT2D eigenvalue weighted by Crippen LogP contribution is -1.94. The van der Waals surface area contributed by atoms with Crippen LogP contribution >= 0.6 is 11.8 Å². The summed E-state index contributed by atoms with van der Waals surface area (Å²) in [6, 6.07) is 10.7. The molecule has 80 valence electrons. The Bertz CT molecular complexity index is 206. The van der Waals surface area contributed by atoms with Gasteiger partial charge in [0.15, 0.2) is 0 Å². The highest BCUT2D eigenvalue weighted by Crippen LogP contribution is 2.19. The molecule has 1 atom stereocenters. The van der Waals surface area contributed by atoms with Gasteiger partial charge in [-0.3, -0.25) is 0 Å². The first-order chi connectivity index (χ1) is 6.84. The molecule has 0 amide bonds. The summed E-state index contributed by atoms with van der Waals surface area (Å²) in [5.74, 6) is 1.97. The first-order valence-corrected chi connectivity index (χ1v) is 6.78. The lowest BCUT2D eigenvalue weighted by Gasteiger charge is -2.09. The standard InChI is InChI=1S/C11H16S.C2H6/c1-10(8-9-12-2)11-6-4-3-5-7-11;1-2/h3-7,10H,8-9H2,1-2H3;1-2H3.